The third-order valence-corrected chi connectivity index (χ3v) is 3.56. The first-order valence-corrected chi connectivity index (χ1v) is 7.40. The lowest BCUT2D eigenvalue weighted by Crippen LogP contribution is -2.03. The van der Waals surface area contributed by atoms with Gasteiger partial charge < -0.3 is 5.32 Å². The van der Waals surface area contributed by atoms with Crippen molar-refractivity contribution >= 4 is 39.9 Å². The van der Waals surface area contributed by atoms with Crippen molar-refractivity contribution < 1.29 is 0 Å². The SMILES string of the molecule is CCNc1nc(-c2cccc(Cl)c2)nc2cc(Cl)ccc12. The number of nitrogens with one attached hydrogen (secondary N) is 1. The molecule has 3 rings (SSSR count). The van der Waals surface area contributed by atoms with Gasteiger partial charge in [-0.05, 0) is 37.3 Å². The molecule has 3 nitrogen and oxygen atoms in total. The first-order valence-electron chi connectivity index (χ1n) is 6.64. The number of hydrogen-bond donors (Lipinski definition) is 1. The van der Waals surface area contributed by atoms with Crippen molar-refractivity contribution in [2.75, 3.05) is 11.9 Å². The van der Waals surface area contributed by atoms with E-state index in [1.807, 2.05) is 49.4 Å². The lowest BCUT2D eigenvalue weighted by molar-refractivity contribution is 1.14. The molecule has 1 heterocycles. The summed E-state index contributed by atoms with van der Waals surface area (Å²) >= 11 is 12.1. The molecule has 21 heavy (non-hydrogen) atoms. The van der Waals surface area contributed by atoms with E-state index in [1.165, 1.54) is 0 Å². The summed E-state index contributed by atoms with van der Waals surface area (Å²) in [5.41, 5.74) is 1.69. The van der Waals surface area contributed by atoms with Gasteiger partial charge in [-0.1, -0.05) is 35.3 Å². The second kappa shape index (κ2) is 5.88. The van der Waals surface area contributed by atoms with Crippen LogP contribution in [0.5, 0.6) is 0 Å². The molecule has 0 saturated carbocycles. The maximum absolute atomic E-state index is 6.07. The molecule has 0 bridgehead atoms. The van der Waals surface area contributed by atoms with Crippen LogP contribution >= 0.6 is 23.2 Å². The first kappa shape index (κ1) is 14.1. The smallest absolute Gasteiger partial charge is 0.162 e. The summed E-state index contributed by atoms with van der Waals surface area (Å²) in [6.07, 6.45) is 0. The third kappa shape index (κ3) is 2.94. The summed E-state index contributed by atoms with van der Waals surface area (Å²) < 4.78 is 0. The number of benzene rings is 2. The second-order valence-electron chi connectivity index (χ2n) is 4.60. The van der Waals surface area contributed by atoms with Crippen molar-refractivity contribution in [2.24, 2.45) is 0 Å². The van der Waals surface area contributed by atoms with Crippen LogP contribution < -0.4 is 5.32 Å². The van der Waals surface area contributed by atoms with E-state index in [4.69, 9.17) is 23.2 Å². The average Bonchev–Trinajstić information content (AvgIpc) is 2.47. The predicted molar refractivity (Wildman–Crippen MR) is 89.2 cm³/mol. The van der Waals surface area contributed by atoms with Crippen molar-refractivity contribution in [3.05, 3.63) is 52.5 Å². The minimum atomic E-state index is 0.628. The van der Waals surface area contributed by atoms with Crippen molar-refractivity contribution in [1.29, 1.82) is 0 Å². The van der Waals surface area contributed by atoms with E-state index in [9.17, 15) is 0 Å². The van der Waals surface area contributed by atoms with Gasteiger partial charge in [0.15, 0.2) is 5.82 Å². The van der Waals surface area contributed by atoms with Crippen LogP contribution in [0.25, 0.3) is 22.3 Å². The molecule has 0 saturated heterocycles. The monoisotopic (exact) mass is 317 g/mol. The maximum Gasteiger partial charge on any atom is 0.162 e. The van der Waals surface area contributed by atoms with Gasteiger partial charge in [-0.2, -0.15) is 0 Å². The summed E-state index contributed by atoms with van der Waals surface area (Å²) in [5, 5.41) is 5.53. The Morgan fingerprint density at radius 2 is 1.81 bits per heavy atom. The molecule has 0 aliphatic carbocycles. The Bertz CT molecular complexity index is 803. The van der Waals surface area contributed by atoms with E-state index in [-0.39, 0.29) is 0 Å². The molecule has 3 aromatic rings. The number of halogens is 2. The summed E-state index contributed by atoms with van der Waals surface area (Å²) in [7, 11) is 0. The average molecular weight is 318 g/mol. The molecule has 1 N–H and O–H groups in total. The molecule has 0 aliphatic heterocycles. The van der Waals surface area contributed by atoms with Crippen LogP contribution in [0.4, 0.5) is 5.82 Å². The molecule has 0 aliphatic rings. The summed E-state index contributed by atoms with van der Waals surface area (Å²) in [5.74, 6) is 1.43. The number of rotatable bonds is 3. The van der Waals surface area contributed by atoms with Gasteiger partial charge in [0.2, 0.25) is 0 Å². The molecule has 0 unspecified atom stereocenters. The molecule has 106 valence electrons. The van der Waals surface area contributed by atoms with Crippen molar-refractivity contribution in [3.63, 3.8) is 0 Å². The molecule has 0 atom stereocenters. The Hall–Kier alpha value is -1.84. The van der Waals surface area contributed by atoms with Crippen molar-refractivity contribution in [2.45, 2.75) is 6.92 Å². The van der Waals surface area contributed by atoms with Gasteiger partial charge in [0.1, 0.15) is 5.82 Å². The van der Waals surface area contributed by atoms with Gasteiger partial charge in [0.25, 0.3) is 0 Å². The third-order valence-electron chi connectivity index (χ3n) is 3.09. The highest BCUT2D eigenvalue weighted by molar-refractivity contribution is 6.31. The van der Waals surface area contributed by atoms with Gasteiger partial charge in [-0.25, -0.2) is 9.97 Å². The van der Waals surface area contributed by atoms with E-state index in [0.29, 0.717) is 15.9 Å². The lowest BCUT2D eigenvalue weighted by atomic mass is 10.2. The minimum Gasteiger partial charge on any atom is -0.370 e. The molecule has 2 aromatic carbocycles. The minimum absolute atomic E-state index is 0.628. The Balaban J connectivity index is 2.23. The lowest BCUT2D eigenvalue weighted by Gasteiger charge is -2.10. The van der Waals surface area contributed by atoms with Gasteiger partial charge in [0.05, 0.1) is 5.52 Å². The van der Waals surface area contributed by atoms with Crippen LogP contribution in [0.1, 0.15) is 6.92 Å². The van der Waals surface area contributed by atoms with Crippen LogP contribution in [-0.2, 0) is 0 Å². The second-order valence-corrected chi connectivity index (χ2v) is 5.47. The Kier molecular flexibility index (Phi) is 3.95. The largest absolute Gasteiger partial charge is 0.370 e. The van der Waals surface area contributed by atoms with Crippen LogP contribution in [0, 0.1) is 0 Å². The van der Waals surface area contributed by atoms with Gasteiger partial charge >= 0.3 is 0 Å². The van der Waals surface area contributed by atoms with Crippen LogP contribution in [-0.4, -0.2) is 16.5 Å². The highest BCUT2D eigenvalue weighted by Gasteiger charge is 2.09. The van der Waals surface area contributed by atoms with Crippen LogP contribution in [0.15, 0.2) is 42.5 Å². The fraction of sp³-hybridized carbons (Fsp3) is 0.125. The van der Waals surface area contributed by atoms with Gasteiger partial charge in [-0.15, -0.1) is 0 Å². The highest BCUT2D eigenvalue weighted by Crippen LogP contribution is 2.28. The Morgan fingerprint density at radius 1 is 1.00 bits per heavy atom. The molecule has 0 radical (unpaired) electrons. The van der Waals surface area contributed by atoms with Crippen LogP contribution in [0.3, 0.4) is 0 Å². The Morgan fingerprint density at radius 3 is 2.57 bits per heavy atom. The van der Waals surface area contributed by atoms with E-state index >= 15 is 0 Å². The molecule has 1 aromatic heterocycles. The summed E-state index contributed by atoms with van der Waals surface area (Å²) in [6, 6.07) is 13.1. The number of fused-ring (bicyclic) bond motifs is 1. The fourth-order valence-corrected chi connectivity index (χ4v) is 2.52. The van der Waals surface area contributed by atoms with Crippen molar-refractivity contribution in [3.8, 4) is 11.4 Å². The van der Waals surface area contributed by atoms with E-state index < -0.39 is 0 Å². The molecular weight excluding hydrogens is 305 g/mol. The van der Waals surface area contributed by atoms with Gasteiger partial charge in [0, 0.05) is 27.5 Å². The Labute approximate surface area is 132 Å². The van der Waals surface area contributed by atoms with Gasteiger partial charge in [-0.3, -0.25) is 0 Å². The van der Waals surface area contributed by atoms with Crippen molar-refractivity contribution in [1.82, 2.24) is 9.97 Å². The van der Waals surface area contributed by atoms with E-state index in [2.05, 4.69) is 15.3 Å². The quantitative estimate of drug-likeness (QED) is 0.735. The number of aromatic nitrogens is 2. The normalized spacial score (nSPS) is 10.8. The molecule has 0 spiro atoms. The molecular formula is C16H13Cl2N3. The summed E-state index contributed by atoms with van der Waals surface area (Å²) in [6.45, 7) is 2.81. The van der Waals surface area contributed by atoms with Crippen LogP contribution in [0.2, 0.25) is 10.0 Å². The molecule has 0 amide bonds. The van der Waals surface area contributed by atoms with E-state index in [1.54, 1.807) is 0 Å². The molecule has 5 heteroatoms. The number of hydrogen-bond acceptors (Lipinski definition) is 3. The zero-order valence-corrected chi connectivity index (χ0v) is 12.9. The predicted octanol–water partition coefficient (Wildman–Crippen LogP) is 5.04. The fourth-order valence-electron chi connectivity index (χ4n) is 2.16. The number of nitrogens with zero attached hydrogens (tertiary/aromatic N) is 2. The maximum atomic E-state index is 6.07. The highest BCUT2D eigenvalue weighted by atomic mass is 35.5. The zero-order valence-electron chi connectivity index (χ0n) is 11.4. The molecule has 0 fully saturated rings. The first-order chi connectivity index (χ1) is 10.2. The van der Waals surface area contributed by atoms with E-state index in [0.717, 1.165) is 28.8 Å². The summed E-state index contributed by atoms with van der Waals surface area (Å²) in [4.78, 5) is 9.20. The zero-order chi connectivity index (χ0) is 14.8. The standard InChI is InChI=1S/C16H13Cl2N3/c1-2-19-16-13-7-6-12(18)9-14(13)20-15(21-16)10-4-3-5-11(17)8-10/h3-9H,2H2,1H3,(H,19,20,21). The number of anilines is 1. The topological polar surface area (TPSA) is 37.8 Å².